The monoisotopic (exact) mass is 231 g/mol. The van der Waals surface area contributed by atoms with Crippen molar-refractivity contribution in [3.8, 4) is 11.4 Å². The lowest BCUT2D eigenvalue weighted by Crippen LogP contribution is -2.05. The zero-order chi connectivity index (χ0) is 12.1. The van der Waals surface area contributed by atoms with E-state index in [0.29, 0.717) is 18.1 Å². The van der Waals surface area contributed by atoms with Crippen LogP contribution in [-0.4, -0.2) is 27.9 Å². The molecule has 88 valence electrons. The predicted molar refractivity (Wildman–Crippen MR) is 62.5 cm³/mol. The Morgan fingerprint density at radius 1 is 1.41 bits per heavy atom. The van der Waals surface area contributed by atoms with Crippen LogP contribution in [0.2, 0.25) is 0 Å². The first-order chi connectivity index (χ1) is 8.36. The minimum atomic E-state index is 0.401. The van der Waals surface area contributed by atoms with E-state index in [0.717, 1.165) is 18.4 Å². The highest BCUT2D eigenvalue weighted by Gasteiger charge is 2.10. The van der Waals surface area contributed by atoms with Gasteiger partial charge in [-0.1, -0.05) is 24.3 Å². The van der Waals surface area contributed by atoms with Gasteiger partial charge in [0.2, 0.25) is 0 Å². The number of rotatable bonds is 5. The van der Waals surface area contributed by atoms with Crippen molar-refractivity contribution < 1.29 is 9.53 Å². The van der Waals surface area contributed by atoms with Crippen molar-refractivity contribution in [2.24, 2.45) is 0 Å². The minimum absolute atomic E-state index is 0.401. The maximum Gasteiger partial charge on any atom is 0.170 e. The van der Waals surface area contributed by atoms with Gasteiger partial charge < -0.3 is 4.74 Å². The lowest BCUT2D eigenvalue weighted by Gasteiger charge is -2.10. The average molecular weight is 231 g/mol. The van der Waals surface area contributed by atoms with Crippen LogP contribution in [0.4, 0.5) is 0 Å². The molecule has 0 bridgehead atoms. The van der Waals surface area contributed by atoms with Crippen LogP contribution < -0.4 is 4.74 Å². The van der Waals surface area contributed by atoms with Crippen LogP contribution in [0, 0.1) is 0 Å². The third-order valence-corrected chi connectivity index (χ3v) is 2.25. The van der Waals surface area contributed by atoms with E-state index in [2.05, 4.69) is 10.3 Å². The van der Waals surface area contributed by atoms with Crippen LogP contribution in [0.25, 0.3) is 5.69 Å². The first-order valence-corrected chi connectivity index (χ1v) is 5.45. The number of aldehydes is 1. The van der Waals surface area contributed by atoms with Crippen molar-refractivity contribution in [3.05, 3.63) is 36.2 Å². The molecule has 5 nitrogen and oxygen atoms in total. The molecule has 0 aliphatic rings. The summed E-state index contributed by atoms with van der Waals surface area (Å²) in [7, 11) is 0. The van der Waals surface area contributed by atoms with Crippen LogP contribution >= 0.6 is 0 Å². The van der Waals surface area contributed by atoms with Gasteiger partial charge in [-0.3, -0.25) is 4.79 Å². The number of carbonyl (C=O) groups excluding carboxylic acids is 1. The summed E-state index contributed by atoms with van der Waals surface area (Å²) in [5, 5.41) is 7.60. The van der Waals surface area contributed by atoms with E-state index in [1.807, 2.05) is 31.2 Å². The van der Waals surface area contributed by atoms with Crippen LogP contribution in [-0.2, 0) is 0 Å². The molecule has 0 spiro atoms. The van der Waals surface area contributed by atoms with Crippen molar-refractivity contribution in [2.45, 2.75) is 13.3 Å². The van der Waals surface area contributed by atoms with Crippen molar-refractivity contribution in [1.29, 1.82) is 0 Å². The Balaban J connectivity index is 2.40. The van der Waals surface area contributed by atoms with E-state index < -0.39 is 0 Å². The Kier molecular flexibility index (Phi) is 3.49. The SMILES string of the molecule is CCCOc1ccccc1-n1nncc1C=O. The molecule has 0 amide bonds. The number of para-hydroxylation sites is 2. The van der Waals surface area contributed by atoms with E-state index in [1.54, 1.807) is 0 Å². The Labute approximate surface area is 99.0 Å². The molecule has 1 aromatic heterocycles. The topological polar surface area (TPSA) is 57.0 Å². The second-order valence-corrected chi connectivity index (χ2v) is 3.50. The molecule has 0 aliphatic heterocycles. The molecule has 0 saturated heterocycles. The molecule has 0 fully saturated rings. The quantitative estimate of drug-likeness (QED) is 0.737. The molecule has 0 atom stereocenters. The van der Waals surface area contributed by atoms with Crippen molar-refractivity contribution in [1.82, 2.24) is 15.0 Å². The van der Waals surface area contributed by atoms with Gasteiger partial charge in [0.05, 0.1) is 12.8 Å². The van der Waals surface area contributed by atoms with Gasteiger partial charge in [-0.15, -0.1) is 5.10 Å². The van der Waals surface area contributed by atoms with Gasteiger partial charge in [-0.05, 0) is 18.6 Å². The molecule has 5 heteroatoms. The number of hydrogen-bond donors (Lipinski definition) is 0. The summed E-state index contributed by atoms with van der Waals surface area (Å²) in [5.74, 6) is 0.697. The Morgan fingerprint density at radius 2 is 2.24 bits per heavy atom. The molecular formula is C12H13N3O2. The number of benzene rings is 1. The summed E-state index contributed by atoms with van der Waals surface area (Å²) in [6.45, 7) is 2.66. The zero-order valence-electron chi connectivity index (χ0n) is 9.54. The highest BCUT2D eigenvalue weighted by Crippen LogP contribution is 2.22. The molecule has 0 aliphatic carbocycles. The third-order valence-electron chi connectivity index (χ3n) is 2.25. The highest BCUT2D eigenvalue weighted by molar-refractivity contribution is 5.73. The van der Waals surface area contributed by atoms with Gasteiger partial charge in [0.15, 0.2) is 6.29 Å². The molecule has 2 rings (SSSR count). The number of aromatic nitrogens is 3. The molecule has 1 aromatic carbocycles. The standard InChI is InChI=1S/C12H13N3O2/c1-2-7-17-12-6-4-3-5-11(12)15-10(9-16)8-13-14-15/h3-6,8-9H,2,7H2,1H3. The van der Waals surface area contributed by atoms with Gasteiger partial charge >= 0.3 is 0 Å². The lowest BCUT2D eigenvalue weighted by atomic mass is 10.3. The van der Waals surface area contributed by atoms with Crippen LogP contribution in [0.5, 0.6) is 5.75 Å². The zero-order valence-corrected chi connectivity index (χ0v) is 9.54. The Bertz CT molecular complexity index is 508. The highest BCUT2D eigenvalue weighted by atomic mass is 16.5. The third kappa shape index (κ3) is 2.33. The lowest BCUT2D eigenvalue weighted by molar-refractivity contribution is 0.111. The number of hydrogen-bond acceptors (Lipinski definition) is 4. The van der Waals surface area contributed by atoms with Gasteiger partial charge in [0, 0.05) is 0 Å². The maximum absolute atomic E-state index is 10.8. The van der Waals surface area contributed by atoms with Crippen LogP contribution in [0.3, 0.4) is 0 Å². The maximum atomic E-state index is 10.8. The number of ether oxygens (including phenoxy) is 1. The Morgan fingerprint density at radius 3 is 3.00 bits per heavy atom. The summed E-state index contributed by atoms with van der Waals surface area (Å²) < 4.78 is 7.08. The fourth-order valence-corrected chi connectivity index (χ4v) is 1.48. The summed E-state index contributed by atoms with van der Waals surface area (Å²) >= 11 is 0. The summed E-state index contributed by atoms with van der Waals surface area (Å²) in [6, 6.07) is 7.43. The van der Waals surface area contributed by atoms with E-state index in [-0.39, 0.29) is 0 Å². The molecule has 1 heterocycles. The molecule has 17 heavy (non-hydrogen) atoms. The smallest absolute Gasteiger partial charge is 0.170 e. The van der Waals surface area contributed by atoms with Gasteiger partial charge in [-0.25, -0.2) is 4.68 Å². The molecule has 2 aromatic rings. The van der Waals surface area contributed by atoms with Gasteiger partial charge in [0.25, 0.3) is 0 Å². The fourth-order valence-electron chi connectivity index (χ4n) is 1.48. The van der Waals surface area contributed by atoms with E-state index >= 15 is 0 Å². The second-order valence-electron chi connectivity index (χ2n) is 3.50. The normalized spacial score (nSPS) is 10.2. The van der Waals surface area contributed by atoms with Crippen LogP contribution in [0.15, 0.2) is 30.5 Å². The van der Waals surface area contributed by atoms with E-state index in [9.17, 15) is 4.79 Å². The molecule has 0 N–H and O–H groups in total. The molecule has 0 unspecified atom stereocenters. The fraction of sp³-hybridized carbons (Fsp3) is 0.250. The first-order valence-electron chi connectivity index (χ1n) is 5.45. The first kappa shape index (κ1) is 11.3. The van der Waals surface area contributed by atoms with E-state index in [1.165, 1.54) is 10.9 Å². The average Bonchev–Trinajstić information content (AvgIpc) is 2.84. The van der Waals surface area contributed by atoms with Crippen LogP contribution in [0.1, 0.15) is 23.8 Å². The predicted octanol–water partition coefficient (Wildman–Crippen LogP) is 1.87. The summed E-state index contributed by atoms with van der Waals surface area (Å²) in [4.78, 5) is 10.8. The molecule has 0 radical (unpaired) electrons. The molecular weight excluding hydrogens is 218 g/mol. The largest absolute Gasteiger partial charge is 0.491 e. The summed E-state index contributed by atoms with van der Waals surface area (Å²) in [5.41, 5.74) is 1.12. The van der Waals surface area contributed by atoms with Crippen molar-refractivity contribution >= 4 is 6.29 Å². The minimum Gasteiger partial charge on any atom is -0.491 e. The van der Waals surface area contributed by atoms with E-state index in [4.69, 9.17) is 4.74 Å². The Hall–Kier alpha value is -2.17. The van der Waals surface area contributed by atoms with Crippen molar-refractivity contribution in [3.63, 3.8) is 0 Å². The summed E-state index contributed by atoms with van der Waals surface area (Å²) in [6.07, 6.45) is 3.06. The van der Waals surface area contributed by atoms with Crippen molar-refractivity contribution in [2.75, 3.05) is 6.61 Å². The number of carbonyl (C=O) groups is 1. The second kappa shape index (κ2) is 5.25. The number of nitrogens with zero attached hydrogens (tertiary/aromatic N) is 3. The van der Waals surface area contributed by atoms with Gasteiger partial charge in [0.1, 0.15) is 17.1 Å². The molecule has 0 saturated carbocycles. The van der Waals surface area contributed by atoms with Gasteiger partial charge in [-0.2, -0.15) is 0 Å².